The molecule has 0 unspecified atom stereocenters. The lowest BCUT2D eigenvalue weighted by Crippen LogP contribution is -2.41. The van der Waals surface area contributed by atoms with Crippen molar-refractivity contribution in [3.63, 3.8) is 0 Å². The number of hydrogen-bond acceptors (Lipinski definition) is 4. The molecule has 1 aliphatic heterocycles. The number of non-ortho nitro benzene ring substituents is 1. The lowest BCUT2D eigenvalue weighted by atomic mass is 9.96. The number of imide groups is 1. The fraction of sp³-hybridized carbons (Fsp3) is 0.545. The van der Waals surface area contributed by atoms with Crippen LogP contribution < -0.4 is 0 Å². The molecule has 2 amide bonds. The summed E-state index contributed by atoms with van der Waals surface area (Å²) >= 11 is 6.29. The predicted octanol–water partition coefficient (Wildman–Crippen LogP) is 5.59. The Morgan fingerprint density at radius 1 is 0.828 bits per heavy atom. The first-order valence-electron chi connectivity index (χ1n) is 10.5. The number of nitro benzene ring substituents is 1. The summed E-state index contributed by atoms with van der Waals surface area (Å²) in [5, 5.41) is 10.8. The van der Waals surface area contributed by atoms with Gasteiger partial charge in [0.05, 0.1) is 10.5 Å². The molecule has 1 aromatic rings. The van der Waals surface area contributed by atoms with Gasteiger partial charge in [0, 0.05) is 18.2 Å². The zero-order valence-corrected chi connectivity index (χ0v) is 17.3. The maximum Gasteiger partial charge on any atom is 0.273 e. The summed E-state index contributed by atoms with van der Waals surface area (Å²) in [6, 6.07) is 5.46. The van der Waals surface area contributed by atoms with Gasteiger partial charge in [-0.2, -0.15) is 0 Å². The summed E-state index contributed by atoms with van der Waals surface area (Å²) in [5.41, 5.74) is 0.519. The Hall–Kier alpha value is -2.21. The van der Waals surface area contributed by atoms with Crippen LogP contribution in [0.2, 0.25) is 0 Å². The molecule has 1 saturated carbocycles. The topological polar surface area (TPSA) is 80.5 Å². The standard InChI is InChI=1S/C22H27ClN2O4/c23-20-19(16-12-14-18(15-13-16)25(28)29)21(26)24(22(20)27)17-10-8-6-4-2-1-3-5-7-9-11-17/h12-15,17H,1-11H2. The second-order valence-electron chi connectivity index (χ2n) is 7.89. The van der Waals surface area contributed by atoms with Gasteiger partial charge in [-0.3, -0.25) is 24.6 Å². The van der Waals surface area contributed by atoms with Crippen LogP contribution in [0.4, 0.5) is 5.69 Å². The molecule has 6 nitrogen and oxygen atoms in total. The summed E-state index contributed by atoms with van der Waals surface area (Å²) in [6.07, 6.45) is 12.0. The largest absolute Gasteiger partial charge is 0.273 e. The molecule has 29 heavy (non-hydrogen) atoms. The van der Waals surface area contributed by atoms with E-state index in [9.17, 15) is 19.7 Å². The number of carbonyl (C=O) groups is 2. The van der Waals surface area contributed by atoms with Gasteiger partial charge >= 0.3 is 0 Å². The lowest BCUT2D eigenvalue weighted by molar-refractivity contribution is -0.384. The van der Waals surface area contributed by atoms with Crippen molar-refractivity contribution in [2.45, 2.75) is 76.7 Å². The zero-order valence-electron chi connectivity index (χ0n) is 16.6. The minimum absolute atomic E-state index is 0.0709. The number of benzene rings is 1. The van der Waals surface area contributed by atoms with Crippen LogP contribution in [0.15, 0.2) is 29.3 Å². The number of amides is 2. The second kappa shape index (κ2) is 10.0. The van der Waals surface area contributed by atoms with Gasteiger partial charge in [0.25, 0.3) is 17.5 Å². The average molecular weight is 419 g/mol. The third-order valence-electron chi connectivity index (χ3n) is 5.87. The Morgan fingerprint density at radius 3 is 1.79 bits per heavy atom. The highest BCUT2D eigenvalue weighted by Crippen LogP contribution is 2.35. The maximum absolute atomic E-state index is 13.1. The van der Waals surface area contributed by atoms with Gasteiger partial charge < -0.3 is 0 Å². The summed E-state index contributed by atoms with van der Waals surface area (Å²) in [5.74, 6) is -0.826. The minimum atomic E-state index is -0.501. The molecule has 0 spiro atoms. The van der Waals surface area contributed by atoms with Gasteiger partial charge in [0.15, 0.2) is 0 Å². The van der Waals surface area contributed by atoms with Crippen molar-refractivity contribution in [3.05, 3.63) is 45.0 Å². The summed E-state index contributed by atoms with van der Waals surface area (Å²) in [4.78, 5) is 37.7. The number of nitro groups is 1. The van der Waals surface area contributed by atoms with Crippen molar-refractivity contribution in [3.8, 4) is 0 Å². The summed E-state index contributed by atoms with van der Waals surface area (Å²) in [6.45, 7) is 0. The maximum atomic E-state index is 13.1. The minimum Gasteiger partial charge on any atom is -0.270 e. The van der Waals surface area contributed by atoms with Crippen molar-refractivity contribution in [1.82, 2.24) is 4.90 Å². The van der Waals surface area contributed by atoms with Gasteiger partial charge in [-0.05, 0) is 30.5 Å². The Bertz CT molecular complexity index is 792. The summed E-state index contributed by atoms with van der Waals surface area (Å²) < 4.78 is 0. The first-order valence-corrected chi connectivity index (χ1v) is 10.9. The number of carbonyl (C=O) groups excluding carboxylic acids is 2. The number of nitrogens with zero attached hydrogens (tertiary/aromatic N) is 2. The van der Waals surface area contributed by atoms with Crippen molar-refractivity contribution in [2.75, 3.05) is 0 Å². The van der Waals surface area contributed by atoms with Gasteiger partial charge in [0.2, 0.25) is 0 Å². The fourth-order valence-corrected chi connectivity index (χ4v) is 4.53. The first kappa shape index (κ1) is 21.5. The van der Waals surface area contributed by atoms with Crippen molar-refractivity contribution < 1.29 is 14.5 Å². The van der Waals surface area contributed by atoms with Gasteiger partial charge in [-0.1, -0.05) is 69.4 Å². The highest BCUT2D eigenvalue weighted by atomic mass is 35.5. The Balaban J connectivity index is 1.78. The van der Waals surface area contributed by atoms with E-state index in [2.05, 4.69) is 0 Å². The Labute approximate surface area is 176 Å². The molecule has 7 heteroatoms. The number of rotatable bonds is 3. The van der Waals surface area contributed by atoms with Crippen LogP contribution in [0, 0.1) is 10.1 Å². The fourth-order valence-electron chi connectivity index (χ4n) is 4.25. The molecule has 1 aromatic carbocycles. The highest BCUT2D eigenvalue weighted by Gasteiger charge is 2.41. The Morgan fingerprint density at radius 2 is 1.31 bits per heavy atom. The van der Waals surface area contributed by atoms with Gasteiger partial charge in [0.1, 0.15) is 5.03 Å². The van der Waals surface area contributed by atoms with Gasteiger partial charge in [-0.15, -0.1) is 0 Å². The third kappa shape index (κ3) is 5.04. The molecule has 0 N–H and O–H groups in total. The van der Waals surface area contributed by atoms with Crippen LogP contribution in [-0.4, -0.2) is 27.7 Å². The van der Waals surface area contributed by atoms with Crippen LogP contribution in [0.1, 0.15) is 76.2 Å². The smallest absolute Gasteiger partial charge is 0.270 e. The molecular weight excluding hydrogens is 392 g/mol. The molecule has 156 valence electrons. The molecule has 0 bridgehead atoms. The summed E-state index contributed by atoms with van der Waals surface area (Å²) in [7, 11) is 0. The van der Waals surface area contributed by atoms with Gasteiger partial charge in [-0.25, -0.2) is 0 Å². The Kier molecular flexibility index (Phi) is 7.42. The van der Waals surface area contributed by atoms with E-state index in [-0.39, 0.29) is 28.2 Å². The van der Waals surface area contributed by atoms with Crippen LogP contribution in [0.3, 0.4) is 0 Å². The molecule has 1 aliphatic carbocycles. The van der Waals surface area contributed by atoms with Crippen LogP contribution in [0.25, 0.3) is 5.57 Å². The third-order valence-corrected chi connectivity index (χ3v) is 6.22. The van der Waals surface area contributed by atoms with E-state index in [1.807, 2.05) is 0 Å². The lowest BCUT2D eigenvalue weighted by Gasteiger charge is -2.27. The van der Waals surface area contributed by atoms with E-state index in [0.717, 1.165) is 38.5 Å². The monoisotopic (exact) mass is 418 g/mol. The van der Waals surface area contributed by atoms with E-state index in [1.165, 1.54) is 61.3 Å². The highest BCUT2D eigenvalue weighted by molar-refractivity contribution is 6.55. The molecular formula is C22H27ClN2O4. The molecule has 0 aromatic heterocycles. The molecule has 0 saturated heterocycles. The van der Waals surface area contributed by atoms with Crippen LogP contribution in [0.5, 0.6) is 0 Å². The van der Waals surface area contributed by atoms with E-state index in [1.54, 1.807) is 0 Å². The quantitative estimate of drug-likeness (QED) is 0.364. The second-order valence-corrected chi connectivity index (χ2v) is 8.26. The van der Waals surface area contributed by atoms with Crippen molar-refractivity contribution >= 4 is 34.7 Å². The molecule has 1 heterocycles. The van der Waals surface area contributed by atoms with Crippen LogP contribution in [-0.2, 0) is 9.59 Å². The predicted molar refractivity (Wildman–Crippen MR) is 112 cm³/mol. The van der Waals surface area contributed by atoms with Crippen molar-refractivity contribution in [2.24, 2.45) is 0 Å². The number of hydrogen-bond donors (Lipinski definition) is 0. The van der Waals surface area contributed by atoms with E-state index >= 15 is 0 Å². The molecule has 0 atom stereocenters. The number of halogens is 1. The SMILES string of the molecule is O=C1C(Cl)=C(c2ccc([N+](=O)[O-])cc2)C(=O)N1C1CCCCCCCCCCC1. The first-order chi connectivity index (χ1) is 14.0. The average Bonchev–Trinajstić information content (AvgIpc) is 2.91. The van der Waals surface area contributed by atoms with E-state index < -0.39 is 10.8 Å². The van der Waals surface area contributed by atoms with Crippen LogP contribution >= 0.6 is 11.6 Å². The molecule has 3 rings (SSSR count). The van der Waals surface area contributed by atoms with Crippen molar-refractivity contribution in [1.29, 1.82) is 0 Å². The molecule has 0 radical (unpaired) electrons. The normalized spacial score (nSPS) is 20.5. The molecule has 2 aliphatic rings. The van der Waals surface area contributed by atoms with E-state index in [0.29, 0.717) is 5.56 Å². The zero-order chi connectivity index (χ0) is 20.8. The van der Waals surface area contributed by atoms with E-state index in [4.69, 9.17) is 11.6 Å². The molecule has 1 fully saturated rings.